The summed E-state index contributed by atoms with van der Waals surface area (Å²) >= 11 is 0. The first-order valence-electron chi connectivity index (χ1n) is 10.9. The van der Waals surface area contributed by atoms with E-state index in [0.29, 0.717) is 6.61 Å². The number of rotatable bonds is 8. The van der Waals surface area contributed by atoms with Crippen LogP contribution >= 0.6 is 0 Å². The van der Waals surface area contributed by atoms with Crippen LogP contribution in [0.3, 0.4) is 0 Å². The fourth-order valence-corrected chi connectivity index (χ4v) is 4.01. The molecule has 3 aromatic rings. The Morgan fingerprint density at radius 2 is 1.55 bits per heavy atom. The van der Waals surface area contributed by atoms with Gasteiger partial charge in [0.25, 0.3) is 0 Å². The van der Waals surface area contributed by atoms with E-state index in [1.807, 2.05) is 6.07 Å². The summed E-state index contributed by atoms with van der Waals surface area (Å²) in [4.78, 5) is 5.00. The van der Waals surface area contributed by atoms with E-state index in [9.17, 15) is 0 Å². The van der Waals surface area contributed by atoms with Gasteiger partial charge in [0.2, 0.25) is 0 Å². The Hall–Kier alpha value is -2.61. The molecule has 0 saturated carbocycles. The Bertz CT molecular complexity index is 929. The molecule has 1 heterocycles. The van der Waals surface area contributed by atoms with Gasteiger partial charge in [0.05, 0.1) is 5.69 Å². The summed E-state index contributed by atoms with van der Waals surface area (Å²) in [5, 5.41) is 0. The summed E-state index contributed by atoms with van der Waals surface area (Å²) in [6, 6.07) is 17.3. The van der Waals surface area contributed by atoms with E-state index in [2.05, 4.69) is 77.1 Å². The third-order valence-electron chi connectivity index (χ3n) is 5.63. The van der Waals surface area contributed by atoms with Crippen LogP contribution in [0.5, 0.6) is 5.75 Å². The molecule has 0 amide bonds. The molecular formula is C27H33NO. The van der Waals surface area contributed by atoms with Crippen molar-refractivity contribution < 1.29 is 4.74 Å². The third-order valence-corrected chi connectivity index (χ3v) is 5.63. The number of pyridine rings is 1. The normalized spacial score (nSPS) is 10.9. The van der Waals surface area contributed by atoms with Gasteiger partial charge in [0.15, 0.2) is 0 Å². The van der Waals surface area contributed by atoms with Gasteiger partial charge in [-0.2, -0.15) is 0 Å². The summed E-state index contributed by atoms with van der Waals surface area (Å²) in [5.74, 6) is 0.934. The van der Waals surface area contributed by atoms with Gasteiger partial charge >= 0.3 is 0 Å². The van der Waals surface area contributed by atoms with Gasteiger partial charge in [-0.15, -0.1) is 0 Å². The van der Waals surface area contributed by atoms with Gasteiger partial charge in [-0.1, -0.05) is 57.5 Å². The molecule has 2 nitrogen and oxygen atoms in total. The van der Waals surface area contributed by atoms with Crippen molar-refractivity contribution in [2.45, 2.75) is 66.9 Å². The molecule has 0 aliphatic heterocycles. The van der Waals surface area contributed by atoms with E-state index < -0.39 is 0 Å². The van der Waals surface area contributed by atoms with Crippen molar-refractivity contribution in [3.63, 3.8) is 0 Å². The maximum Gasteiger partial charge on any atom is 0.120 e. The van der Waals surface area contributed by atoms with E-state index in [4.69, 9.17) is 9.72 Å². The van der Waals surface area contributed by atoms with E-state index in [0.717, 1.165) is 42.8 Å². The van der Waals surface area contributed by atoms with Crippen LogP contribution in [0.2, 0.25) is 0 Å². The molecule has 0 spiro atoms. The van der Waals surface area contributed by atoms with Crippen molar-refractivity contribution in [2.24, 2.45) is 0 Å². The zero-order valence-corrected chi connectivity index (χ0v) is 18.5. The highest BCUT2D eigenvalue weighted by Gasteiger charge is 2.14. The van der Waals surface area contributed by atoms with Gasteiger partial charge in [-0.05, 0) is 73.6 Å². The van der Waals surface area contributed by atoms with Gasteiger partial charge in [0.1, 0.15) is 12.4 Å². The number of aromatic nitrogens is 1. The van der Waals surface area contributed by atoms with Crippen LogP contribution in [0.15, 0.2) is 48.5 Å². The summed E-state index contributed by atoms with van der Waals surface area (Å²) in [7, 11) is 0. The molecule has 0 fully saturated rings. The Balaban J connectivity index is 1.88. The minimum absolute atomic E-state index is 0.552. The molecule has 2 heteroatoms. The second kappa shape index (κ2) is 9.73. The highest BCUT2D eigenvalue weighted by Crippen LogP contribution is 2.30. The Morgan fingerprint density at radius 3 is 2.17 bits per heavy atom. The van der Waals surface area contributed by atoms with Crippen molar-refractivity contribution in [3.05, 3.63) is 82.0 Å². The number of hydrogen-bond donors (Lipinski definition) is 0. The van der Waals surface area contributed by atoms with Gasteiger partial charge < -0.3 is 4.74 Å². The zero-order chi connectivity index (χ0) is 20.8. The van der Waals surface area contributed by atoms with Crippen molar-refractivity contribution in [1.82, 2.24) is 4.98 Å². The van der Waals surface area contributed by atoms with Crippen LogP contribution in [0.1, 0.15) is 60.7 Å². The molecule has 0 unspecified atom stereocenters. The second-order valence-corrected chi connectivity index (χ2v) is 7.73. The molecule has 0 atom stereocenters. The molecule has 3 rings (SSSR count). The maximum atomic E-state index is 6.14. The molecular weight excluding hydrogens is 354 g/mol. The number of benzene rings is 2. The van der Waals surface area contributed by atoms with Crippen LogP contribution in [0.4, 0.5) is 0 Å². The largest absolute Gasteiger partial charge is 0.489 e. The molecule has 0 saturated heterocycles. The van der Waals surface area contributed by atoms with E-state index in [1.54, 1.807) is 0 Å². The summed E-state index contributed by atoms with van der Waals surface area (Å²) < 4.78 is 6.14. The van der Waals surface area contributed by atoms with Crippen LogP contribution in [0, 0.1) is 13.8 Å². The first kappa shape index (κ1) is 21.1. The molecule has 0 radical (unpaired) electrons. The first-order chi connectivity index (χ1) is 14.1. The van der Waals surface area contributed by atoms with Crippen molar-refractivity contribution in [2.75, 3.05) is 0 Å². The number of aryl methyl sites for hydroxylation is 5. The first-order valence-corrected chi connectivity index (χ1v) is 10.9. The van der Waals surface area contributed by atoms with Gasteiger partial charge in [-0.25, -0.2) is 0 Å². The Kier molecular flexibility index (Phi) is 7.09. The van der Waals surface area contributed by atoms with E-state index in [1.165, 1.54) is 33.4 Å². The van der Waals surface area contributed by atoms with Crippen molar-refractivity contribution in [3.8, 4) is 17.0 Å². The average molecular weight is 388 g/mol. The number of ether oxygens (including phenoxy) is 1. The molecule has 2 aromatic carbocycles. The number of hydrogen-bond acceptors (Lipinski definition) is 2. The van der Waals surface area contributed by atoms with Crippen molar-refractivity contribution >= 4 is 0 Å². The molecule has 29 heavy (non-hydrogen) atoms. The van der Waals surface area contributed by atoms with Crippen LogP contribution < -0.4 is 4.74 Å². The maximum absolute atomic E-state index is 6.14. The third kappa shape index (κ3) is 4.87. The van der Waals surface area contributed by atoms with Crippen LogP contribution in [-0.2, 0) is 25.9 Å². The lowest BCUT2D eigenvalue weighted by atomic mass is 9.93. The monoisotopic (exact) mass is 387 g/mol. The average Bonchev–Trinajstić information content (AvgIpc) is 2.73. The fraction of sp³-hybridized carbons (Fsp3) is 0.370. The highest BCUT2D eigenvalue weighted by molar-refractivity contribution is 5.69. The smallest absolute Gasteiger partial charge is 0.120 e. The second-order valence-electron chi connectivity index (χ2n) is 7.73. The number of nitrogens with zero attached hydrogens (tertiary/aromatic N) is 1. The summed E-state index contributed by atoms with van der Waals surface area (Å²) in [5.41, 5.74) is 9.94. The van der Waals surface area contributed by atoms with Crippen LogP contribution in [-0.4, -0.2) is 4.98 Å². The van der Waals surface area contributed by atoms with Gasteiger partial charge in [0, 0.05) is 16.8 Å². The predicted octanol–water partition coefficient (Wildman–Crippen LogP) is 7.02. The minimum atomic E-state index is 0.552. The molecule has 0 N–H and O–H groups in total. The summed E-state index contributed by atoms with van der Waals surface area (Å²) in [6.07, 6.45) is 4.26. The van der Waals surface area contributed by atoms with E-state index in [-0.39, 0.29) is 0 Å². The molecule has 0 bridgehead atoms. The predicted molar refractivity (Wildman–Crippen MR) is 123 cm³/mol. The fourth-order valence-electron chi connectivity index (χ4n) is 4.01. The highest BCUT2D eigenvalue weighted by atomic mass is 16.5. The standard InChI is InChI=1S/C27H33NO/c1-6-11-21-12-9-15-24(17-21)29-18-25-19(4)16-26(28-20(25)5)27-22(7-2)13-10-14-23(27)8-3/h9-10,12-17H,6-8,11,18H2,1-5H3. The Labute approximate surface area is 176 Å². The van der Waals surface area contributed by atoms with Gasteiger partial charge in [-0.3, -0.25) is 4.98 Å². The molecule has 0 aliphatic carbocycles. The molecule has 1 aromatic heterocycles. The van der Waals surface area contributed by atoms with Crippen LogP contribution in [0.25, 0.3) is 11.3 Å². The lowest BCUT2D eigenvalue weighted by molar-refractivity contribution is 0.303. The Morgan fingerprint density at radius 1 is 0.862 bits per heavy atom. The topological polar surface area (TPSA) is 22.1 Å². The quantitative estimate of drug-likeness (QED) is 0.414. The zero-order valence-electron chi connectivity index (χ0n) is 18.5. The summed E-state index contributed by atoms with van der Waals surface area (Å²) in [6.45, 7) is 11.5. The molecule has 0 aliphatic rings. The lowest BCUT2D eigenvalue weighted by Crippen LogP contribution is -2.05. The van der Waals surface area contributed by atoms with Crippen molar-refractivity contribution in [1.29, 1.82) is 0 Å². The SMILES string of the molecule is CCCc1cccc(OCc2c(C)cc(-c3c(CC)cccc3CC)nc2C)c1. The molecule has 152 valence electrons. The minimum Gasteiger partial charge on any atom is -0.489 e. The van der Waals surface area contributed by atoms with E-state index >= 15 is 0 Å². The lowest BCUT2D eigenvalue weighted by Gasteiger charge is -2.17.